The van der Waals surface area contributed by atoms with Crippen LogP contribution in [0, 0.1) is 5.92 Å². The van der Waals surface area contributed by atoms with Gasteiger partial charge in [-0.2, -0.15) is 0 Å². The molecule has 0 unspecified atom stereocenters. The van der Waals surface area contributed by atoms with E-state index in [1.165, 1.54) is 21.7 Å². The third-order valence-electron chi connectivity index (χ3n) is 5.32. The van der Waals surface area contributed by atoms with E-state index in [1.807, 2.05) is 18.2 Å². The lowest BCUT2D eigenvalue weighted by Crippen LogP contribution is -2.10. The normalized spacial score (nSPS) is 16.0. The molecule has 0 N–H and O–H groups in total. The fourth-order valence-corrected chi connectivity index (χ4v) is 5.15. The van der Waals surface area contributed by atoms with Crippen LogP contribution in [0.4, 0.5) is 0 Å². The number of methoxy groups -OCH3 is 2. The van der Waals surface area contributed by atoms with E-state index in [-0.39, 0.29) is 0 Å². The van der Waals surface area contributed by atoms with Gasteiger partial charge < -0.3 is 9.47 Å². The van der Waals surface area contributed by atoms with Crippen LogP contribution >= 0.6 is 11.3 Å². The van der Waals surface area contributed by atoms with E-state index < -0.39 is 0 Å². The molecule has 1 aliphatic rings. The summed E-state index contributed by atoms with van der Waals surface area (Å²) in [6, 6.07) is 5.55. The van der Waals surface area contributed by atoms with Gasteiger partial charge in [0.15, 0.2) is 17.3 Å². The van der Waals surface area contributed by atoms with Crippen molar-refractivity contribution in [2.45, 2.75) is 26.2 Å². The smallest absolute Gasteiger partial charge is 0.205 e. The van der Waals surface area contributed by atoms with E-state index in [0.717, 1.165) is 28.6 Å². The Balaban J connectivity index is 1.59. The molecule has 148 valence electrons. The van der Waals surface area contributed by atoms with Crippen molar-refractivity contribution >= 4 is 21.6 Å². The molecule has 0 fully saturated rings. The van der Waals surface area contributed by atoms with E-state index >= 15 is 0 Å². The molecule has 1 aliphatic carbocycles. The van der Waals surface area contributed by atoms with E-state index in [2.05, 4.69) is 32.3 Å². The van der Waals surface area contributed by atoms with Gasteiger partial charge in [-0.1, -0.05) is 6.92 Å². The number of hydrogen-bond donors (Lipinski definition) is 0. The molecule has 1 aromatic carbocycles. The van der Waals surface area contributed by atoms with Crippen molar-refractivity contribution in [1.29, 1.82) is 0 Å². The predicted molar refractivity (Wildman–Crippen MR) is 110 cm³/mol. The quantitative estimate of drug-likeness (QED) is 0.511. The topological polar surface area (TPSA) is 87.8 Å². The maximum atomic E-state index is 5.38. The number of ether oxygens (including phenoxy) is 2. The summed E-state index contributed by atoms with van der Waals surface area (Å²) in [5.74, 6) is 3.15. The zero-order valence-electron chi connectivity index (χ0n) is 16.4. The van der Waals surface area contributed by atoms with Gasteiger partial charge in [0, 0.05) is 10.4 Å². The molecular weight excluding hydrogens is 388 g/mol. The molecule has 0 radical (unpaired) electrons. The van der Waals surface area contributed by atoms with Gasteiger partial charge in [0.2, 0.25) is 5.82 Å². The zero-order valence-corrected chi connectivity index (χ0v) is 17.2. The Morgan fingerprint density at radius 1 is 1.14 bits per heavy atom. The first-order valence-corrected chi connectivity index (χ1v) is 10.3. The van der Waals surface area contributed by atoms with Crippen LogP contribution in [0.25, 0.3) is 27.4 Å². The molecule has 0 spiro atoms. The number of aryl methyl sites for hydroxylation is 1. The largest absolute Gasteiger partial charge is 0.493 e. The molecule has 0 saturated carbocycles. The van der Waals surface area contributed by atoms with Gasteiger partial charge in [0.1, 0.15) is 11.2 Å². The lowest BCUT2D eigenvalue weighted by atomic mass is 9.89. The number of benzene rings is 1. The summed E-state index contributed by atoms with van der Waals surface area (Å²) in [6.45, 7) is 2.30. The standard InChI is InChI=1S/C20H20N6O2S/c1-11-4-6-13-16(8-11)29-20-17(13)19(21-10-22-20)26-24-18(23-25-26)12-5-7-14(27-2)15(9-12)28-3/h5,7,9-11H,4,6,8H2,1-3H3/t11-/m0/s1. The van der Waals surface area contributed by atoms with Crippen LogP contribution in [0.15, 0.2) is 24.5 Å². The van der Waals surface area contributed by atoms with Crippen LogP contribution in [0.1, 0.15) is 23.8 Å². The molecule has 0 saturated heterocycles. The van der Waals surface area contributed by atoms with E-state index in [4.69, 9.17) is 9.47 Å². The van der Waals surface area contributed by atoms with Gasteiger partial charge in [-0.05, 0) is 54.2 Å². The monoisotopic (exact) mass is 408 g/mol. The van der Waals surface area contributed by atoms with Crippen LogP contribution in [0.5, 0.6) is 11.5 Å². The average molecular weight is 408 g/mol. The van der Waals surface area contributed by atoms with E-state index in [1.54, 1.807) is 31.9 Å². The zero-order chi connectivity index (χ0) is 20.0. The molecule has 3 heterocycles. The Morgan fingerprint density at radius 3 is 2.83 bits per heavy atom. The van der Waals surface area contributed by atoms with Gasteiger partial charge in [0.25, 0.3) is 0 Å². The summed E-state index contributed by atoms with van der Waals surface area (Å²) < 4.78 is 10.7. The van der Waals surface area contributed by atoms with Crippen molar-refractivity contribution in [2.24, 2.45) is 5.92 Å². The summed E-state index contributed by atoms with van der Waals surface area (Å²) in [5, 5.41) is 14.1. The molecule has 0 amide bonds. The van der Waals surface area contributed by atoms with Crippen LogP contribution in [-0.2, 0) is 12.8 Å². The third-order valence-corrected chi connectivity index (χ3v) is 6.48. The first-order chi connectivity index (χ1) is 14.2. The fourth-order valence-electron chi connectivity index (χ4n) is 3.81. The number of thiophene rings is 1. The molecular formula is C20H20N6O2S. The highest BCUT2D eigenvalue weighted by Crippen LogP contribution is 2.39. The van der Waals surface area contributed by atoms with Crippen molar-refractivity contribution in [3.05, 3.63) is 35.0 Å². The van der Waals surface area contributed by atoms with Crippen molar-refractivity contribution in [1.82, 2.24) is 30.2 Å². The highest BCUT2D eigenvalue weighted by molar-refractivity contribution is 7.18. The summed E-state index contributed by atoms with van der Waals surface area (Å²) in [6.07, 6.45) is 4.88. The lowest BCUT2D eigenvalue weighted by molar-refractivity contribution is 0.355. The van der Waals surface area contributed by atoms with Gasteiger partial charge in [-0.15, -0.1) is 26.3 Å². The minimum absolute atomic E-state index is 0.496. The SMILES string of the molecule is COc1ccc(-c2nnn(-c3ncnc4sc5c(c34)CC[C@H](C)C5)n2)cc1OC. The second-order valence-corrected chi connectivity index (χ2v) is 8.29. The van der Waals surface area contributed by atoms with Crippen molar-refractivity contribution < 1.29 is 9.47 Å². The van der Waals surface area contributed by atoms with Crippen molar-refractivity contribution in [3.8, 4) is 28.7 Å². The highest BCUT2D eigenvalue weighted by atomic mass is 32.1. The van der Waals surface area contributed by atoms with E-state index in [0.29, 0.717) is 29.1 Å². The number of tetrazole rings is 1. The Labute approximate surface area is 171 Å². The Hall–Kier alpha value is -3.07. The first-order valence-electron chi connectivity index (χ1n) is 9.46. The average Bonchev–Trinajstić information content (AvgIpc) is 3.37. The maximum absolute atomic E-state index is 5.38. The summed E-state index contributed by atoms with van der Waals surface area (Å²) in [7, 11) is 3.21. The molecule has 1 atom stereocenters. The molecule has 8 nitrogen and oxygen atoms in total. The summed E-state index contributed by atoms with van der Waals surface area (Å²) in [4.78, 5) is 12.9. The molecule has 0 aliphatic heterocycles. The Kier molecular flexibility index (Phi) is 4.39. The van der Waals surface area contributed by atoms with Crippen molar-refractivity contribution in [3.63, 3.8) is 0 Å². The number of hydrogen-bond acceptors (Lipinski definition) is 8. The fraction of sp³-hybridized carbons (Fsp3) is 0.350. The molecule has 9 heteroatoms. The summed E-state index contributed by atoms with van der Waals surface area (Å²) in [5.41, 5.74) is 2.13. The molecule has 4 aromatic rings. The van der Waals surface area contributed by atoms with Crippen LogP contribution in [0.2, 0.25) is 0 Å². The minimum atomic E-state index is 0.496. The third kappa shape index (κ3) is 3.02. The van der Waals surface area contributed by atoms with E-state index in [9.17, 15) is 0 Å². The highest BCUT2D eigenvalue weighted by Gasteiger charge is 2.24. The Morgan fingerprint density at radius 2 is 2.00 bits per heavy atom. The van der Waals surface area contributed by atoms with Crippen LogP contribution < -0.4 is 9.47 Å². The second-order valence-electron chi connectivity index (χ2n) is 7.20. The predicted octanol–water partition coefficient (Wildman–Crippen LogP) is 3.48. The molecule has 3 aromatic heterocycles. The molecule has 29 heavy (non-hydrogen) atoms. The van der Waals surface area contributed by atoms with Gasteiger partial charge >= 0.3 is 0 Å². The van der Waals surface area contributed by atoms with Crippen LogP contribution in [0.3, 0.4) is 0 Å². The molecule has 5 rings (SSSR count). The van der Waals surface area contributed by atoms with Crippen LogP contribution in [-0.4, -0.2) is 44.4 Å². The number of fused-ring (bicyclic) bond motifs is 3. The van der Waals surface area contributed by atoms with Gasteiger partial charge in [-0.3, -0.25) is 0 Å². The Bertz CT molecular complexity index is 1200. The minimum Gasteiger partial charge on any atom is -0.493 e. The number of rotatable bonds is 4. The van der Waals surface area contributed by atoms with Gasteiger partial charge in [0.05, 0.1) is 19.6 Å². The maximum Gasteiger partial charge on any atom is 0.205 e. The number of aromatic nitrogens is 6. The molecule has 0 bridgehead atoms. The summed E-state index contributed by atoms with van der Waals surface area (Å²) >= 11 is 1.75. The van der Waals surface area contributed by atoms with Gasteiger partial charge in [-0.25, -0.2) is 9.97 Å². The first kappa shape index (κ1) is 18.0. The van der Waals surface area contributed by atoms with Crippen molar-refractivity contribution in [2.75, 3.05) is 14.2 Å². The number of nitrogens with zero attached hydrogens (tertiary/aromatic N) is 6. The second kappa shape index (κ2) is 7.07. The lowest BCUT2D eigenvalue weighted by Gasteiger charge is -2.17.